The molecule has 2 saturated carbocycles. The van der Waals surface area contributed by atoms with Gasteiger partial charge in [0.15, 0.2) is 0 Å². The molecule has 214 valence electrons. The summed E-state index contributed by atoms with van der Waals surface area (Å²) >= 11 is 0. The van der Waals surface area contributed by atoms with Gasteiger partial charge in [-0.3, -0.25) is 9.48 Å². The minimum absolute atomic E-state index is 0.157. The van der Waals surface area contributed by atoms with Crippen molar-refractivity contribution in [2.75, 3.05) is 18.6 Å². The van der Waals surface area contributed by atoms with Crippen LogP contribution in [0.1, 0.15) is 101 Å². The quantitative estimate of drug-likeness (QED) is 0.272. The number of carbonyl (C=O) groups is 1. The first-order valence-corrected chi connectivity index (χ1v) is 15.6. The normalized spacial score (nSPS) is 20.7. The van der Waals surface area contributed by atoms with E-state index in [4.69, 9.17) is 4.74 Å². The number of rotatable bonds is 9. The molecular formula is C35H47N3O2. The first kappa shape index (κ1) is 28.4. The molecule has 0 radical (unpaired) electrons. The summed E-state index contributed by atoms with van der Waals surface area (Å²) in [7, 11) is 1.74. The van der Waals surface area contributed by atoms with Crippen LogP contribution in [0.5, 0.6) is 5.75 Å². The van der Waals surface area contributed by atoms with Crippen molar-refractivity contribution < 1.29 is 9.53 Å². The van der Waals surface area contributed by atoms with E-state index in [0.717, 1.165) is 61.2 Å². The predicted octanol–water partition coefficient (Wildman–Crippen LogP) is 8.73. The van der Waals surface area contributed by atoms with Crippen molar-refractivity contribution in [1.82, 2.24) is 9.78 Å². The second-order valence-corrected chi connectivity index (χ2v) is 12.2. The average Bonchev–Trinajstić information content (AvgIpc) is 3.50. The summed E-state index contributed by atoms with van der Waals surface area (Å²) < 4.78 is 7.52. The number of ether oxygens (including phenoxy) is 1. The van der Waals surface area contributed by atoms with Gasteiger partial charge in [0, 0.05) is 36.0 Å². The highest BCUT2D eigenvalue weighted by atomic mass is 16.5. The number of carbonyl (C=O) groups excluding carboxylic acids is 1. The van der Waals surface area contributed by atoms with E-state index in [1.807, 2.05) is 6.20 Å². The summed E-state index contributed by atoms with van der Waals surface area (Å²) in [5.74, 6) is 2.57. The van der Waals surface area contributed by atoms with Gasteiger partial charge in [-0.05, 0) is 106 Å². The highest BCUT2D eigenvalue weighted by Crippen LogP contribution is 2.39. The minimum atomic E-state index is 0.157. The van der Waals surface area contributed by atoms with Crippen molar-refractivity contribution in [3.05, 3.63) is 66.0 Å². The number of amides is 1. The average molecular weight is 542 g/mol. The molecule has 1 aromatic heterocycles. The molecule has 40 heavy (non-hydrogen) atoms. The number of aryl methyl sites for hydroxylation is 1. The van der Waals surface area contributed by atoms with Crippen molar-refractivity contribution in [1.29, 1.82) is 0 Å². The molecule has 0 N–H and O–H groups in total. The smallest absolute Gasteiger partial charge is 0.230 e. The van der Waals surface area contributed by atoms with Crippen LogP contribution >= 0.6 is 0 Å². The Kier molecular flexibility index (Phi) is 9.29. The van der Waals surface area contributed by atoms with E-state index < -0.39 is 0 Å². The van der Waals surface area contributed by atoms with E-state index in [1.165, 1.54) is 43.2 Å². The number of hydrogen-bond acceptors (Lipinski definition) is 3. The monoisotopic (exact) mass is 541 g/mol. The second kappa shape index (κ2) is 13.1. The Balaban J connectivity index is 1.33. The van der Waals surface area contributed by atoms with Gasteiger partial charge in [0.1, 0.15) is 5.75 Å². The third kappa shape index (κ3) is 6.45. The largest absolute Gasteiger partial charge is 0.496 e. The molecule has 1 unspecified atom stereocenters. The van der Waals surface area contributed by atoms with E-state index in [-0.39, 0.29) is 5.92 Å². The molecule has 0 saturated heterocycles. The summed E-state index contributed by atoms with van der Waals surface area (Å²) in [4.78, 5) is 16.2. The fourth-order valence-electron chi connectivity index (χ4n) is 6.75. The number of benzene rings is 2. The zero-order chi connectivity index (χ0) is 28.1. The van der Waals surface area contributed by atoms with Crippen LogP contribution in [0.2, 0.25) is 0 Å². The number of methoxy groups -OCH3 is 1. The van der Waals surface area contributed by atoms with Gasteiger partial charge in [0.2, 0.25) is 5.91 Å². The summed E-state index contributed by atoms with van der Waals surface area (Å²) in [5.41, 5.74) is 5.92. The lowest BCUT2D eigenvalue weighted by atomic mass is 9.78. The van der Waals surface area contributed by atoms with Crippen molar-refractivity contribution in [2.45, 2.75) is 96.9 Å². The van der Waals surface area contributed by atoms with E-state index >= 15 is 0 Å². The fourth-order valence-corrected chi connectivity index (χ4v) is 6.75. The van der Waals surface area contributed by atoms with Gasteiger partial charge in [-0.2, -0.15) is 5.10 Å². The van der Waals surface area contributed by atoms with Gasteiger partial charge in [0.25, 0.3) is 0 Å². The summed E-state index contributed by atoms with van der Waals surface area (Å²) in [5, 5.41) is 4.62. The topological polar surface area (TPSA) is 47.4 Å². The molecule has 0 aliphatic heterocycles. The third-order valence-corrected chi connectivity index (χ3v) is 9.53. The van der Waals surface area contributed by atoms with Crippen molar-refractivity contribution in [2.24, 2.45) is 11.8 Å². The Morgan fingerprint density at radius 3 is 2.50 bits per heavy atom. The lowest BCUT2D eigenvalue weighted by Gasteiger charge is -2.35. The molecule has 2 aromatic carbocycles. The Hall–Kier alpha value is -3.08. The maximum Gasteiger partial charge on any atom is 0.230 e. The number of anilines is 1. The van der Waals surface area contributed by atoms with Gasteiger partial charge in [-0.1, -0.05) is 50.5 Å². The van der Waals surface area contributed by atoms with E-state index in [0.29, 0.717) is 23.8 Å². The van der Waals surface area contributed by atoms with Gasteiger partial charge in [-0.25, -0.2) is 0 Å². The zero-order valence-corrected chi connectivity index (χ0v) is 24.9. The second-order valence-electron chi connectivity index (χ2n) is 12.2. The molecule has 1 amide bonds. The van der Waals surface area contributed by atoms with Crippen molar-refractivity contribution >= 4 is 11.6 Å². The maximum absolute atomic E-state index is 14.0. The lowest BCUT2D eigenvalue weighted by molar-refractivity contribution is -0.123. The molecule has 2 aliphatic rings. The van der Waals surface area contributed by atoms with E-state index in [9.17, 15) is 4.79 Å². The molecule has 5 nitrogen and oxygen atoms in total. The highest BCUT2D eigenvalue weighted by molar-refractivity contribution is 5.95. The van der Waals surface area contributed by atoms with Gasteiger partial charge in [0.05, 0.1) is 13.3 Å². The summed E-state index contributed by atoms with van der Waals surface area (Å²) in [6, 6.07) is 15.6. The molecule has 1 heterocycles. The van der Waals surface area contributed by atoms with Crippen LogP contribution in [0.3, 0.4) is 0 Å². The number of aromatic nitrogens is 2. The number of nitrogens with zero attached hydrogens (tertiary/aromatic N) is 3. The van der Waals surface area contributed by atoms with Crippen LogP contribution in [-0.2, 0) is 4.79 Å². The first-order chi connectivity index (χ1) is 19.5. The maximum atomic E-state index is 14.0. The lowest BCUT2D eigenvalue weighted by Crippen LogP contribution is -2.41. The van der Waals surface area contributed by atoms with Gasteiger partial charge >= 0.3 is 0 Å². The standard InChI is InChI=1S/C35H47N3O2/c1-5-26(3)38-24-32(22-36-38)30-12-9-13-33(21-30)37(35(39)29-10-7-6-8-11-29)23-27-14-16-28(17-15-27)31-18-19-34(40-4)25(2)20-31/h9,12-13,18-22,24,26-29H,5-8,10-11,14-17,23H2,1-4H3. The zero-order valence-electron chi connectivity index (χ0n) is 24.9. The summed E-state index contributed by atoms with van der Waals surface area (Å²) in [6.45, 7) is 7.33. The van der Waals surface area contributed by atoms with Crippen LogP contribution < -0.4 is 9.64 Å². The van der Waals surface area contributed by atoms with Gasteiger partial charge < -0.3 is 9.64 Å². The van der Waals surface area contributed by atoms with Crippen LogP contribution in [-0.4, -0.2) is 29.3 Å². The SMILES string of the molecule is CCC(C)n1cc(-c2cccc(N(CC3CCC(c4ccc(OC)c(C)c4)CC3)C(=O)C3CCCCC3)c2)cn1. The van der Waals surface area contributed by atoms with Gasteiger partial charge in [-0.15, -0.1) is 0 Å². The van der Waals surface area contributed by atoms with E-state index in [2.05, 4.69) is 84.1 Å². The highest BCUT2D eigenvalue weighted by Gasteiger charge is 2.31. The molecule has 5 rings (SSSR count). The molecule has 5 heteroatoms. The third-order valence-electron chi connectivity index (χ3n) is 9.53. The van der Waals surface area contributed by atoms with Crippen LogP contribution in [0, 0.1) is 18.8 Å². The molecule has 2 aliphatic carbocycles. The van der Waals surface area contributed by atoms with Crippen LogP contribution in [0.25, 0.3) is 11.1 Å². The first-order valence-electron chi connectivity index (χ1n) is 15.6. The van der Waals surface area contributed by atoms with E-state index in [1.54, 1.807) is 7.11 Å². The Bertz CT molecular complexity index is 1270. The molecule has 2 fully saturated rings. The Morgan fingerprint density at radius 2 is 1.80 bits per heavy atom. The summed E-state index contributed by atoms with van der Waals surface area (Å²) in [6.07, 6.45) is 15.5. The van der Waals surface area contributed by atoms with Crippen LogP contribution in [0.4, 0.5) is 5.69 Å². The number of hydrogen-bond donors (Lipinski definition) is 0. The Morgan fingerprint density at radius 1 is 1.02 bits per heavy atom. The Labute approximate surface area is 240 Å². The van der Waals surface area contributed by atoms with Crippen molar-refractivity contribution in [3.63, 3.8) is 0 Å². The van der Waals surface area contributed by atoms with Crippen molar-refractivity contribution in [3.8, 4) is 16.9 Å². The molecule has 1 atom stereocenters. The fraction of sp³-hybridized carbons (Fsp3) is 0.543. The molecular weight excluding hydrogens is 494 g/mol. The predicted molar refractivity (Wildman–Crippen MR) is 164 cm³/mol. The molecule has 0 spiro atoms. The molecule has 0 bridgehead atoms. The molecule has 3 aromatic rings. The van der Waals surface area contributed by atoms with Crippen LogP contribution in [0.15, 0.2) is 54.9 Å². The minimum Gasteiger partial charge on any atom is -0.496 e.